The second-order valence-electron chi connectivity index (χ2n) is 5.80. The molecule has 3 heteroatoms. The second-order valence-corrected chi connectivity index (χ2v) is 5.80. The molecule has 2 nitrogen and oxygen atoms in total. The van der Waals surface area contributed by atoms with Gasteiger partial charge in [-0.05, 0) is 11.5 Å². The summed E-state index contributed by atoms with van der Waals surface area (Å²) in [5.74, 6) is 0. The monoisotopic (exact) mass is 393 g/mol. The first-order valence-electron chi connectivity index (χ1n) is 7.86. The Hall–Kier alpha value is -2.16. The van der Waals surface area contributed by atoms with Crippen molar-refractivity contribution in [2.24, 2.45) is 0 Å². The largest absolute Gasteiger partial charge is 0.360 e. The van der Waals surface area contributed by atoms with E-state index in [2.05, 4.69) is 64.7 Å². The van der Waals surface area contributed by atoms with Crippen molar-refractivity contribution in [3.05, 3.63) is 85.2 Å². The molecule has 5 rings (SSSR count). The Morgan fingerprint density at radius 2 is 1.60 bits per heavy atom. The van der Waals surface area contributed by atoms with Crippen LogP contribution in [-0.2, 0) is 32.7 Å². The van der Waals surface area contributed by atoms with E-state index in [0.717, 1.165) is 38.3 Å². The van der Waals surface area contributed by atoms with Crippen molar-refractivity contribution in [2.75, 3.05) is 0 Å². The number of fused-ring (bicyclic) bond motifs is 4. The topological polar surface area (TPSA) is 25.8 Å². The molecule has 0 saturated heterocycles. The summed E-state index contributed by atoms with van der Waals surface area (Å²) in [6.07, 6.45) is 4.99. The molecule has 0 fully saturated rings. The van der Waals surface area contributed by atoms with Gasteiger partial charge in [-0.3, -0.25) is 4.98 Å². The number of pyridine rings is 2. The molecule has 25 heavy (non-hydrogen) atoms. The Morgan fingerprint density at radius 3 is 2.56 bits per heavy atom. The molecule has 0 aliphatic carbocycles. The normalized spacial score (nSPS) is 10.9. The van der Waals surface area contributed by atoms with Gasteiger partial charge in [-0.2, -0.15) is 18.2 Å². The summed E-state index contributed by atoms with van der Waals surface area (Å²) in [7, 11) is 0. The summed E-state index contributed by atoms with van der Waals surface area (Å²) in [4.78, 5) is 9.06. The molecule has 0 aliphatic rings. The third-order valence-electron chi connectivity index (χ3n) is 4.36. The molecule has 115 valence electrons. The van der Waals surface area contributed by atoms with Gasteiger partial charge in [-0.1, -0.05) is 48.0 Å². The van der Waals surface area contributed by atoms with Crippen LogP contribution in [0.2, 0.25) is 0 Å². The zero-order valence-electron chi connectivity index (χ0n) is 13.4. The number of hydrogen-bond acceptors (Lipinski definition) is 2. The Morgan fingerprint density at radius 1 is 0.760 bits per heavy atom. The van der Waals surface area contributed by atoms with Gasteiger partial charge >= 0.3 is 0 Å². The molecule has 0 amide bonds. The molecular formula is C22H12N2Y-2. The van der Waals surface area contributed by atoms with E-state index < -0.39 is 0 Å². The summed E-state index contributed by atoms with van der Waals surface area (Å²) >= 11 is 0. The first-order valence-corrected chi connectivity index (χ1v) is 7.86. The molecule has 3 aromatic carbocycles. The minimum atomic E-state index is 0. The molecule has 0 unspecified atom stereocenters. The smallest absolute Gasteiger partial charge is 0.0544 e. The van der Waals surface area contributed by atoms with Crippen LogP contribution in [0.3, 0.4) is 0 Å². The van der Waals surface area contributed by atoms with Gasteiger partial charge < -0.3 is 4.98 Å². The van der Waals surface area contributed by atoms with E-state index in [4.69, 9.17) is 0 Å². The van der Waals surface area contributed by atoms with Crippen LogP contribution >= 0.6 is 0 Å². The number of rotatable bonds is 1. The average Bonchev–Trinajstić information content (AvgIpc) is 2.67. The molecule has 0 saturated carbocycles. The Kier molecular flexibility index (Phi) is 4.33. The van der Waals surface area contributed by atoms with E-state index in [0.29, 0.717) is 0 Å². The molecule has 5 aromatic rings. The van der Waals surface area contributed by atoms with E-state index in [1.54, 1.807) is 6.20 Å². The zero-order chi connectivity index (χ0) is 15.9. The predicted molar refractivity (Wildman–Crippen MR) is 97.7 cm³/mol. The number of benzene rings is 3. The van der Waals surface area contributed by atoms with Crippen molar-refractivity contribution in [1.82, 2.24) is 9.97 Å². The maximum absolute atomic E-state index is 4.58. The fourth-order valence-corrected chi connectivity index (χ4v) is 3.20. The number of nitrogens with zero attached hydrogens (tertiary/aromatic N) is 2. The molecule has 2 heterocycles. The van der Waals surface area contributed by atoms with E-state index in [9.17, 15) is 0 Å². The number of hydrogen-bond donors (Lipinski definition) is 0. The standard InChI is InChI=1S/C22H12N2.Y/c1-2-8-19-15(5-1)6-3-9-20(19)18-13-17-11-10-16-7-4-12-23-21(16)22(17)24-14-18;/h1-8,10-13H;/q-2;. The summed E-state index contributed by atoms with van der Waals surface area (Å²) in [5.41, 5.74) is 3.79. The third-order valence-corrected chi connectivity index (χ3v) is 4.36. The fourth-order valence-electron chi connectivity index (χ4n) is 3.20. The maximum Gasteiger partial charge on any atom is 0.0544 e. The minimum absolute atomic E-state index is 0. The Bertz CT molecular complexity index is 1210. The van der Waals surface area contributed by atoms with Gasteiger partial charge in [0.2, 0.25) is 0 Å². The van der Waals surface area contributed by atoms with Gasteiger partial charge in [0.1, 0.15) is 0 Å². The molecule has 0 bridgehead atoms. The van der Waals surface area contributed by atoms with Crippen molar-refractivity contribution >= 4 is 32.6 Å². The molecule has 1 radical (unpaired) electrons. The molecular weight excluding hydrogens is 381 g/mol. The van der Waals surface area contributed by atoms with Crippen LogP contribution < -0.4 is 0 Å². The van der Waals surface area contributed by atoms with E-state index in [1.165, 1.54) is 5.39 Å². The third kappa shape index (κ3) is 2.76. The quantitative estimate of drug-likeness (QED) is 0.289. The van der Waals surface area contributed by atoms with E-state index in [1.807, 2.05) is 24.3 Å². The fraction of sp³-hybridized carbons (Fsp3) is 0. The molecule has 2 aromatic heterocycles. The van der Waals surface area contributed by atoms with E-state index in [-0.39, 0.29) is 32.7 Å². The van der Waals surface area contributed by atoms with Crippen LogP contribution in [0, 0.1) is 12.3 Å². The second kappa shape index (κ2) is 6.63. The molecule has 0 spiro atoms. The van der Waals surface area contributed by atoms with Crippen molar-refractivity contribution < 1.29 is 32.7 Å². The van der Waals surface area contributed by atoms with Crippen LogP contribution in [0.5, 0.6) is 0 Å². The SMILES string of the molecule is [Y].[c-]1nc2c(ccc3cccnc32)cc1-c1[c-]ccc2ccccc12. The van der Waals surface area contributed by atoms with Crippen LogP contribution in [0.1, 0.15) is 0 Å². The summed E-state index contributed by atoms with van der Waals surface area (Å²) < 4.78 is 0. The van der Waals surface area contributed by atoms with Crippen LogP contribution in [-0.4, -0.2) is 9.97 Å². The van der Waals surface area contributed by atoms with Crippen LogP contribution in [0.4, 0.5) is 0 Å². The average molecular weight is 393 g/mol. The van der Waals surface area contributed by atoms with Crippen LogP contribution in [0.15, 0.2) is 72.9 Å². The Labute approximate surface area is 170 Å². The van der Waals surface area contributed by atoms with Crippen LogP contribution in [0.25, 0.3) is 43.7 Å². The summed E-state index contributed by atoms with van der Waals surface area (Å²) in [5, 5.41) is 4.52. The van der Waals surface area contributed by atoms with E-state index >= 15 is 0 Å². The van der Waals surface area contributed by atoms with Crippen molar-refractivity contribution in [3.63, 3.8) is 0 Å². The van der Waals surface area contributed by atoms with Gasteiger partial charge in [-0.15, -0.1) is 22.9 Å². The summed E-state index contributed by atoms with van der Waals surface area (Å²) in [6.45, 7) is 0. The zero-order valence-corrected chi connectivity index (χ0v) is 16.2. The maximum atomic E-state index is 4.58. The predicted octanol–water partition coefficient (Wildman–Crippen LogP) is 5.20. The van der Waals surface area contributed by atoms with Gasteiger partial charge in [0.05, 0.1) is 5.52 Å². The molecule has 0 aliphatic heterocycles. The van der Waals surface area contributed by atoms with Gasteiger partial charge in [-0.25, -0.2) is 11.1 Å². The minimum Gasteiger partial charge on any atom is -0.360 e. The first-order chi connectivity index (χ1) is 11.9. The van der Waals surface area contributed by atoms with Crippen molar-refractivity contribution in [1.29, 1.82) is 0 Å². The molecule has 0 atom stereocenters. The van der Waals surface area contributed by atoms with Gasteiger partial charge in [0.25, 0.3) is 0 Å². The number of aromatic nitrogens is 2. The van der Waals surface area contributed by atoms with Crippen molar-refractivity contribution in [2.45, 2.75) is 0 Å². The van der Waals surface area contributed by atoms with Gasteiger partial charge in [0.15, 0.2) is 0 Å². The molecule has 0 N–H and O–H groups in total. The first kappa shape index (κ1) is 16.3. The summed E-state index contributed by atoms with van der Waals surface area (Å²) in [6, 6.07) is 26.0. The van der Waals surface area contributed by atoms with Crippen molar-refractivity contribution in [3.8, 4) is 11.1 Å². The van der Waals surface area contributed by atoms with Gasteiger partial charge in [0, 0.05) is 44.4 Å². The Balaban J connectivity index is 0.00000157.